The summed E-state index contributed by atoms with van der Waals surface area (Å²) in [5.41, 5.74) is 13.6. The van der Waals surface area contributed by atoms with Crippen LogP contribution in [0.4, 0.5) is 15.8 Å². The molecule has 5 aromatic rings. The number of halogens is 1. The van der Waals surface area contributed by atoms with Crippen LogP contribution in [0.15, 0.2) is 85.6 Å². The Hall–Kier alpha value is -6.53. The van der Waals surface area contributed by atoms with E-state index in [1.807, 2.05) is 0 Å². The lowest BCUT2D eigenvalue weighted by Gasteiger charge is -2.12. The summed E-state index contributed by atoms with van der Waals surface area (Å²) in [7, 11) is 1.00. The molecule has 0 unspecified atom stereocenters. The number of allylic oxidation sites excluding steroid dienone is 2. The second-order valence-corrected chi connectivity index (χ2v) is 11.3. The quantitative estimate of drug-likeness (QED) is 0.0619. The lowest BCUT2D eigenvalue weighted by atomic mass is 10.0. The Labute approximate surface area is 295 Å². The van der Waals surface area contributed by atoms with Crippen molar-refractivity contribution in [3.63, 3.8) is 0 Å². The maximum absolute atomic E-state index is 14.8. The number of benzene rings is 1. The van der Waals surface area contributed by atoms with Crippen molar-refractivity contribution in [3.05, 3.63) is 118 Å². The van der Waals surface area contributed by atoms with Crippen LogP contribution in [-0.4, -0.2) is 71.2 Å². The van der Waals surface area contributed by atoms with E-state index < -0.39 is 17.6 Å². The van der Waals surface area contributed by atoms with Gasteiger partial charge in [0.15, 0.2) is 17.8 Å². The molecule has 0 saturated heterocycles. The van der Waals surface area contributed by atoms with Crippen LogP contribution in [-0.2, 0) is 22.4 Å². The highest BCUT2D eigenvalue weighted by Crippen LogP contribution is 2.28. The molecule has 0 radical (unpaired) electrons. The zero-order chi connectivity index (χ0) is 37.3. The predicted octanol–water partition coefficient (Wildman–Crippen LogP) is 3.16. The maximum atomic E-state index is 14.8. The molecule has 0 fully saturated rings. The number of nitrogens with two attached hydrogens (primary N) is 2. The van der Waals surface area contributed by atoms with Crippen LogP contribution in [0.2, 0.25) is 0 Å². The number of aliphatic hydroxyl groups excluding tert-OH is 1. The first-order valence-corrected chi connectivity index (χ1v) is 15.7. The summed E-state index contributed by atoms with van der Waals surface area (Å²) >= 11 is 1.24. The first kappa shape index (κ1) is 38.9. The topological polar surface area (TPSA) is 246 Å². The second-order valence-electron chi connectivity index (χ2n) is 10.2. The van der Waals surface area contributed by atoms with E-state index in [1.54, 1.807) is 65.4 Å². The van der Waals surface area contributed by atoms with E-state index >= 15 is 0 Å². The van der Waals surface area contributed by atoms with Crippen molar-refractivity contribution in [3.8, 4) is 5.82 Å². The number of carboxylic acid groups (broad SMARTS) is 1. The van der Waals surface area contributed by atoms with Gasteiger partial charge in [0.1, 0.15) is 24.3 Å². The molecule has 18 heteroatoms. The molecule has 2 amide bonds. The van der Waals surface area contributed by atoms with Crippen LogP contribution in [0.3, 0.4) is 0 Å². The van der Waals surface area contributed by atoms with Crippen LogP contribution in [0.25, 0.3) is 11.6 Å². The Balaban J connectivity index is 0.00000133. The van der Waals surface area contributed by atoms with E-state index in [1.165, 1.54) is 41.9 Å². The minimum Gasteiger partial charge on any atom is -0.483 e. The first-order valence-electron chi connectivity index (χ1n) is 14.9. The Morgan fingerprint density at radius 1 is 0.961 bits per heavy atom. The number of hydrogen-bond donors (Lipinski definition) is 6. The van der Waals surface area contributed by atoms with E-state index in [-0.39, 0.29) is 17.9 Å². The molecule has 1 aromatic carbocycles. The van der Waals surface area contributed by atoms with Crippen molar-refractivity contribution in [2.45, 2.75) is 26.2 Å². The lowest BCUT2D eigenvalue weighted by Crippen LogP contribution is -2.20. The summed E-state index contributed by atoms with van der Waals surface area (Å²) in [5.74, 6) is -0.656. The van der Waals surface area contributed by atoms with Crippen LogP contribution in [0.1, 0.15) is 42.6 Å². The third kappa shape index (κ3) is 11.0. The molecule has 0 spiro atoms. The van der Waals surface area contributed by atoms with E-state index in [4.69, 9.17) is 26.5 Å². The van der Waals surface area contributed by atoms with Crippen LogP contribution in [0.5, 0.6) is 0 Å². The van der Waals surface area contributed by atoms with E-state index in [0.29, 0.717) is 64.6 Å². The SMILES string of the molecule is CO.Cc1cc(F)c(CCCc2cc(NC(=O)c3ccc(-n4ccnc4)nn3)c(C=O)s2)cc1NC(=O)/C(N)=C/C=C(\N)n1ccnc1.O=CO. The Morgan fingerprint density at radius 3 is 2.31 bits per heavy atom. The van der Waals surface area contributed by atoms with Gasteiger partial charge in [-0.2, -0.15) is 0 Å². The summed E-state index contributed by atoms with van der Waals surface area (Å²) in [4.78, 5) is 54.6. The van der Waals surface area contributed by atoms with Gasteiger partial charge in [-0.15, -0.1) is 21.5 Å². The number of anilines is 2. The molecular weight excluding hydrogens is 683 g/mol. The van der Waals surface area contributed by atoms with Gasteiger partial charge in [0.25, 0.3) is 18.3 Å². The molecule has 4 heterocycles. The summed E-state index contributed by atoms with van der Waals surface area (Å²) in [6.07, 6.45) is 14.6. The van der Waals surface area contributed by atoms with Gasteiger partial charge in [-0.1, -0.05) is 0 Å². The number of carbonyl (C=O) groups is 4. The van der Waals surface area contributed by atoms with Gasteiger partial charge >= 0.3 is 0 Å². The number of thiophene rings is 1. The van der Waals surface area contributed by atoms with Crippen molar-refractivity contribution in [2.75, 3.05) is 17.7 Å². The molecule has 0 saturated carbocycles. The zero-order valence-corrected chi connectivity index (χ0v) is 28.2. The van der Waals surface area contributed by atoms with Gasteiger partial charge < -0.3 is 32.3 Å². The molecule has 51 heavy (non-hydrogen) atoms. The minimum atomic E-state index is -0.565. The molecular formula is C33H35FN10O6S. The average molecular weight is 719 g/mol. The van der Waals surface area contributed by atoms with Crippen molar-refractivity contribution < 1.29 is 33.8 Å². The maximum Gasteiger partial charge on any atom is 0.290 e. The largest absolute Gasteiger partial charge is 0.483 e. The summed E-state index contributed by atoms with van der Waals surface area (Å²) in [5, 5.41) is 27.3. The van der Waals surface area contributed by atoms with E-state index in [2.05, 4.69) is 30.8 Å². The van der Waals surface area contributed by atoms with Crippen LogP contribution >= 0.6 is 11.3 Å². The molecule has 5 rings (SSSR count). The van der Waals surface area contributed by atoms with Gasteiger partial charge in [0.05, 0.1) is 16.3 Å². The van der Waals surface area contributed by atoms with Crippen molar-refractivity contribution in [1.82, 2.24) is 29.3 Å². The molecule has 8 N–H and O–H groups in total. The number of carbonyl (C=O) groups excluding carboxylic acids is 3. The van der Waals surface area contributed by atoms with Gasteiger partial charge in [0, 0.05) is 42.5 Å². The number of rotatable bonds is 12. The number of nitrogens with one attached hydrogen (secondary N) is 2. The third-order valence-electron chi connectivity index (χ3n) is 6.83. The van der Waals surface area contributed by atoms with Gasteiger partial charge in [-0.05, 0) is 79.8 Å². The smallest absolute Gasteiger partial charge is 0.290 e. The highest BCUT2D eigenvalue weighted by Gasteiger charge is 2.16. The normalized spacial score (nSPS) is 11.0. The van der Waals surface area contributed by atoms with E-state index in [0.717, 1.165) is 12.0 Å². The second kappa shape index (κ2) is 19.5. The monoisotopic (exact) mass is 718 g/mol. The number of aryl methyl sites for hydroxylation is 3. The summed E-state index contributed by atoms with van der Waals surface area (Å²) < 4.78 is 18.1. The van der Waals surface area contributed by atoms with Gasteiger partial charge in [-0.25, -0.2) is 14.4 Å². The van der Waals surface area contributed by atoms with Crippen LogP contribution in [0, 0.1) is 12.7 Å². The molecule has 0 aliphatic rings. The fourth-order valence-corrected chi connectivity index (χ4v) is 5.35. The molecule has 0 bridgehead atoms. The summed E-state index contributed by atoms with van der Waals surface area (Å²) in [6.45, 7) is 1.43. The zero-order valence-electron chi connectivity index (χ0n) is 27.4. The Bertz CT molecular complexity index is 1980. The molecule has 0 aliphatic heterocycles. The molecule has 0 atom stereocenters. The highest BCUT2D eigenvalue weighted by atomic mass is 32.1. The van der Waals surface area contributed by atoms with Crippen LogP contribution < -0.4 is 22.1 Å². The number of amides is 2. The minimum absolute atomic E-state index is 0.0820. The number of aldehydes is 1. The lowest BCUT2D eigenvalue weighted by molar-refractivity contribution is -0.122. The van der Waals surface area contributed by atoms with Crippen molar-refractivity contribution in [1.29, 1.82) is 0 Å². The third-order valence-corrected chi connectivity index (χ3v) is 7.95. The van der Waals surface area contributed by atoms with Crippen molar-refractivity contribution in [2.24, 2.45) is 11.5 Å². The predicted molar refractivity (Wildman–Crippen MR) is 188 cm³/mol. The number of aliphatic hydroxyl groups is 1. The number of hydrogen-bond acceptors (Lipinski definition) is 12. The Morgan fingerprint density at radius 2 is 1.69 bits per heavy atom. The highest BCUT2D eigenvalue weighted by molar-refractivity contribution is 7.14. The van der Waals surface area contributed by atoms with Crippen molar-refractivity contribution >= 4 is 53.1 Å². The van der Waals surface area contributed by atoms with E-state index in [9.17, 15) is 18.8 Å². The number of aromatic nitrogens is 6. The fraction of sp³-hybridized carbons (Fsp3) is 0.152. The molecule has 4 aromatic heterocycles. The fourth-order valence-electron chi connectivity index (χ4n) is 4.37. The van der Waals surface area contributed by atoms with Gasteiger partial charge in [-0.3, -0.25) is 28.3 Å². The summed E-state index contributed by atoms with van der Waals surface area (Å²) in [6, 6.07) is 7.82. The molecule has 266 valence electrons. The number of nitrogens with zero attached hydrogens (tertiary/aromatic N) is 6. The molecule has 16 nitrogen and oxygen atoms in total. The Kier molecular flexibility index (Phi) is 14.9. The first-order chi connectivity index (χ1) is 24.6. The molecule has 0 aliphatic carbocycles. The van der Waals surface area contributed by atoms with Gasteiger partial charge in [0.2, 0.25) is 0 Å². The number of imidazole rings is 2. The standard InChI is InChI=1S/C31H29FN10O3S.CH2O2.CH4O/c1-19-13-22(32)20(14-25(19)37-30(44)23(33)5-7-28(34)41-11-9-35-17-41)3-2-4-21-15-26(27(16-43)46-21)38-31(45)24-6-8-29(40-39-24)42-12-10-36-18-42;2-1-3;1-2/h5-18H,2-4,33-34H2,1H3,(H,37,44)(H,38,45);1H,(H,2,3);2H,1H3/b23-5-,28-7+;;. The average Bonchev–Trinajstić information content (AvgIpc) is 3.94.